The van der Waals surface area contributed by atoms with Gasteiger partial charge >= 0.3 is 6.09 Å². The number of aromatic nitrogens is 4. The van der Waals surface area contributed by atoms with Crippen LogP contribution in [0.1, 0.15) is 61.1 Å². The van der Waals surface area contributed by atoms with Gasteiger partial charge in [0.05, 0.1) is 29.5 Å². The zero-order chi connectivity index (χ0) is 28.3. The van der Waals surface area contributed by atoms with Crippen LogP contribution in [0, 0.1) is 0 Å². The topological polar surface area (TPSA) is 180 Å². The van der Waals surface area contributed by atoms with Crippen LogP contribution in [-0.4, -0.2) is 67.2 Å². The van der Waals surface area contributed by atoms with Crippen LogP contribution in [0.25, 0.3) is 31.8 Å². The van der Waals surface area contributed by atoms with Gasteiger partial charge in [0.15, 0.2) is 0 Å². The van der Waals surface area contributed by atoms with Crippen LogP contribution in [-0.2, 0) is 24.1 Å². The average molecular weight is 546 g/mol. The molecule has 3 aromatic rings. The standard InChI is InChI=1S/C26H31N11O3/c1-26(2,16-30-34-28)40-25(39)36-15-17-13-19(9-10-22(17)32-36)37(18-7-8-18)24(38)20-5-3-6-23-21(20)14-31-35(23)12-4-11-29-33-27/h3,5-6,14-15,18-19H,4,7-13,16H2,1-2H3. The normalized spacial score (nSPS) is 16.5. The fourth-order valence-corrected chi connectivity index (χ4v) is 5.26. The summed E-state index contributed by atoms with van der Waals surface area (Å²) in [4.78, 5) is 34.3. The number of hydrogen-bond donors (Lipinski definition) is 0. The molecule has 2 aliphatic rings. The minimum atomic E-state index is -0.965. The molecular weight excluding hydrogens is 514 g/mol. The maximum atomic E-state index is 14.0. The first-order valence-electron chi connectivity index (χ1n) is 13.4. The van der Waals surface area contributed by atoms with Crippen LogP contribution < -0.4 is 0 Å². The van der Waals surface area contributed by atoms with E-state index in [1.807, 2.05) is 27.8 Å². The molecule has 0 aliphatic heterocycles. The third-order valence-corrected chi connectivity index (χ3v) is 7.29. The Balaban J connectivity index is 1.33. The zero-order valence-corrected chi connectivity index (χ0v) is 22.5. The molecular formula is C26H31N11O3. The molecule has 1 fully saturated rings. The van der Waals surface area contributed by atoms with E-state index in [2.05, 4.69) is 30.2 Å². The molecule has 14 heteroatoms. The summed E-state index contributed by atoms with van der Waals surface area (Å²) in [7, 11) is 0. The van der Waals surface area contributed by atoms with Gasteiger partial charge < -0.3 is 9.64 Å². The van der Waals surface area contributed by atoms with E-state index in [0.29, 0.717) is 37.9 Å². The third kappa shape index (κ3) is 5.73. The molecule has 1 saturated carbocycles. The van der Waals surface area contributed by atoms with Gasteiger partial charge in [0.1, 0.15) is 5.60 Å². The van der Waals surface area contributed by atoms with Crippen molar-refractivity contribution >= 4 is 22.9 Å². The maximum Gasteiger partial charge on any atom is 0.435 e. The van der Waals surface area contributed by atoms with E-state index in [1.165, 1.54) is 4.68 Å². The molecule has 0 N–H and O–H groups in total. The number of rotatable bonds is 10. The fourth-order valence-electron chi connectivity index (χ4n) is 5.26. The zero-order valence-electron chi connectivity index (χ0n) is 22.5. The average Bonchev–Trinajstić information content (AvgIpc) is 3.53. The highest BCUT2D eigenvalue weighted by Gasteiger charge is 2.40. The van der Waals surface area contributed by atoms with Gasteiger partial charge in [-0.15, -0.1) is 0 Å². The van der Waals surface area contributed by atoms with Gasteiger partial charge in [0.25, 0.3) is 5.91 Å². The van der Waals surface area contributed by atoms with E-state index in [1.54, 1.807) is 26.2 Å². The highest BCUT2D eigenvalue weighted by Crippen LogP contribution is 2.36. The summed E-state index contributed by atoms with van der Waals surface area (Å²) >= 11 is 0. The van der Waals surface area contributed by atoms with E-state index >= 15 is 0 Å². The molecule has 40 heavy (non-hydrogen) atoms. The van der Waals surface area contributed by atoms with E-state index in [0.717, 1.165) is 41.4 Å². The molecule has 1 unspecified atom stereocenters. The number of benzene rings is 1. The Morgan fingerprint density at radius 2 is 1.98 bits per heavy atom. The number of amides is 1. The molecule has 5 rings (SSSR count). The summed E-state index contributed by atoms with van der Waals surface area (Å²) in [6, 6.07) is 5.85. The molecule has 0 saturated heterocycles. The van der Waals surface area contributed by atoms with Crippen molar-refractivity contribution in [2.75, 3.05) is 13.1 Å². The summed E-state index contributed by atoms with van der Waals surface area (Å²) in [5.74, 6) is -0.0122. The molecule has 2 heterocycles. The van der Waals surface area contributed by atoms with Gasteiger partial charge in [-0.3, -0.25) is 9.48 Å². The SMILES string of the molecule is CC(C)(CN=[N+]=[N-])OC(=O)n1cc2c(n1)CCC(N(C(=O)c1cccc3c1cnn3CCCN=[N+]=[N-])C1CC1)C2. The second-order valence-corrected chi connectivity index (χ2v) is 10.8. The Labute approximate surface area is 230 Å². The molecule has 1 aromatic carbocycles. The van der Waals surface area contributed by atoms with Crippen LogP contribution >= 0.6 is 0 Å². The van der Waals surface area contributed by atoms with Crippen molar-refractivity contribution < 1.29 is 14.3 Å². The predicted octanol–water partition coefficient (Wildman–Crippen LogP) is 5.17. The van der Waals surface area contributed by atoms with Crippen molar-refractivity contribution in [1.82, 2.24) is 24.5 Å². The van der Waals surface area contributed by atoms with Crippen molar-refractivity contribution in [3.63, 3.8) is 0 Å². The van der Waals surface area contributed by atoms with Gasteiger partial charge in [-0.2, -0.15) is 14.9 Å². The van der Waals surface area contributed by atoms with Gasteiger partial charge in [-0.05, 0) is 81.1 Å². The van der Waals surface area contributed by atoms with Gasteiger partial charge in [0, 0.05) is 46.6 Å². The Morgan fingerprint density at radius 3 is 2.73 bits per heavy atom. The molecule has 0 spiro atoms. The minimum Gasteiger partial charge on any atom is -0.442 e. The number of carbonyl (C=O) groups is 2. The number of nitrogens with zero attached hydrogens (tertiary/aromatic N) is 11. The third-order valence-electron chi connectivity index (χ3n) is 7.29. The quantitative estimate of drug-likeness (QED) is 0.147. The van der Waals surface area contributed by atoms with Crippen molar-refractivity contribution in [1.29, 1.82) is 0 Å². The lowest BCUT2D eigenvalue weighted by Crippen LogP contribution is -2.44. The lowest BCUT2D eigenvalue weighted by molar-refractivity contribution is 0.0441. The van der Waals surface area contributed by atoms with Crippen molar-refractivity contribution in [3.8, 4) is 0 Å². The molecule has 2 aromatic heterocycles. The molecule has 1 amide bonds. The first-order chi connectivity index (χ1) is 19.3. The Morgan fingerprint density at radius 1 is 1.18 bits per heavy atom. The molecule has 208 valence electrons. The van der Waals surface area contributed by atoms with Crippen molar-refractivity contribution in [3.05, 3.63) is 68.3 Å². The van der Waals surface area contributed by atoms with Crippen LogP contribution in [0.4, 0.5) is 4.79 Å². The number of azide groups is 2. The number of hydrogen-bond acceptors (Lipinski definition) is 7. The molecule has 14 nitrogen and oxygen atoms in total. The summed E-state index contributed by atoms with van der Waals surface area (Å²) < 4.78 is 8.55. The smallest absolute Gasteiger partial charge is 0.435 e. The summed E-state index contributed by atoms with van der Waals surface area (Å²) in [5, 5.41) is 16.8. The monoisotopic (exact) mass is 545 g/mol. The molecule has 0 radical (unpaired) electrons. The minimum absolute atomic E-state index is 0.0121. The van der Waals surface area contributed by atoms with Crippen molar-refractivity contribution in [2.24, 2.45) is 10.2 Å². The Hall–Kier alpha value is -4.54. The first-order valence-corrected chi connectivity index (χ1v) is 13.4. The molecule has 0 bridgehead atoms. The van der Waals surface area contributed by atoms with E-state index < -0.39 is 11.7 Å². The lowest BCUT2D eigenvalue weighted by atomic mass is 9.91. The number of ether oxygens (including phenoxy) is 1. The first kappa shape index (κ1) is 27.0. The maximum absolute atomic E-state index is 14.0. The number of carbonyl (C=O) groups excluding carboxylic acids is 2. The second-order valence-electron chi connectivity index (χ2n) is 10.8. The van der Waals surface area contributed by atoms with Crippen LogP contribution in [0.5, 0.6) is 0 Å². The van der Waals surface area contributed by atoms with Gasteiger partial charge in [-0.1, -0.05) is 16.3 Å². The molecule has 2 aliphatic carbocycles. The Bertz CT molecular complexity index is 1520. The van der Waals surface area contributed by atoms with Crippen LogP contribution in [0.2, 0.25) is 0 Å². The predicted molar refractivity (Wildman–Crippen MR) is 146 cm³/mol. The highest BCUT2D eigenvalue weighted by atomic mass is 16.6. The highest BCUT2D eigenvalue weighted by molar-refractivity contribution is 6.06. The van der Waals surface area contributed by atoms with Crippen LogP contribution in [0.3, 0.4) is 0 Å². The lowest BCUT2D eigenvalue weighted by Gasteiger charge is -2.34. The number of fused-ring (bicyclic) bond motifs is 2. The van der Waals surface area contributed by atoms with E-state index in [-0.39, 0.29) is 24.5 Å². The van der Waals surface area contributed by atoms with Crippen molar-refractivity contribution in [2.45, 2.75) is 76.6 Å². The van der Waals surface area contributed by atoms with Gasteiger partial charge in [-0.25, -0.2) is 4.79 Å². The summed E-state index contributed by atoms with van der Waals surface area (Å²) in [6.45, 7) is 4.33. The fraction of sp³-hybridized carbons (Fsp3) is 0.538. The summed E-state index contributed by atoms with van der Waals surface area (Å²) in [6.07, 6.45) is 7.37. The second kappa shape index (κ2) is 11.3. The number of aryl methyl sites for hydroxylation is 2. The largest absolute Gasteiger partial charge is 0.442 e. The Kier molecular flexibility index (Phi) is 7.63. The summed E-state index contributed by atoms with van der Waals surface area (Å²) in [5.41, 5.74) is 19.4. The molecule has 1 atom stereocenters. The van der Waals surface area contributed by atoms with Gasteiger partial charge in [0.2, 0.25) is 0 Å². The van der Waals surface area contributed by atoms with E-state index in [4.69, 9.17) is 15.8 Å². The van der Waals surface area contributed by atoms with Crippen LogP contribution in [0.15, 0.2) is 40.8 Å². The van der Waals surface area contributed by atoms with E-state index in [9.17, 15) is 9.59 Å².